The number of aliphatic hydroxyl groups excluding tert-OH is 1. The number of aromatic nitrogens is 4. The average Bonchev–Trinajstić information content (AvgIpc) is 3.47. The molecule has 4 heterocycles. The number of hydrogen-bond donors (Lipinski definition) is 2. The first-order valence-corrected chi connectivity index (χ1v) is 11.2. The van der Waals surface area contributed by atoms with Crippen LogP contribution in [-0.2, 0) is 24.6 Å². The van der Waals surface area contributed by atoms with Crippen molar-refractivity contribution in [1.82, 2.24) is 25.3 Å². The summed E-state index contributed by atoms with van der Waals surface area (Å²) < 4.78 is 12.8. The van der Waals surface area contributed by atoms with Gasteiger partial charge >= 0.3 is 0 Å². The Morgan fingerprint density at radius 1 is 1.30 bits per heavy atom. The van der Waals surface area contributed by atoms with Crippen molar-refractivity contribution in [3.63, 3.8) is 0 Å². The number of pyridine rings is 1. The Morgan fingerprint density at radius 3 is 2.91 bits per heavy atom. The van der Waals surface area contributed by atoms with Crippen molar-refractivity contribution in [2.45, 2.75) is 38.3 Å². The zero-order valence-corrected chi connectivity index (χ0v) is 18.7. The van der Waals surface area contributed by atoms with Gasteiger partial charge < -0.3 is 19.9 Å². The van der Waals surface area contributed by atoms with E-state index in [1.807, 2.05) is 37.6 Å². The Hall–Kier alpha value is -3.30. The third-order valence-corrected chi connectivity index (χ3v) is 6.34. The predicted molar refractivity (Wildman–Crippen MR) is 120 cm³/mol. The Morgan fingerprint density at radius 2 is 2.18 bits per heavy atom. The fraction of sp³-hybridized carbons (Fsp3) is 0.417. The number of ether oxygens (including phenoxy) is 2. The number of nitrogens with zero attached hydrogens (tertiary/aromatic N) is 4. The maximum absolute atomic E-state index is 13.2. The van der Waals surface area contributed by atoms with Crippen LogP contribution in [0, 0.1) is 6.92 Å². The molecule has 5 rings (SSSR count). The number of aliphatic hydroxyl groups is 1. The van der Waals surface area contributed by atoms with Crippen LogP contribution in [0.5, 0.6) is 5.75 Å². The molecule has 0 radical (unpaired) electrons. The highest BCUT2D eigenvalue weighted by Gasteiger charge is 2.29. The van der Waals surface area contributed by atoms with Crippen molar-refractivity contribution in [2.24, 2.45) is 7.05 Å². The Kier molecular flexibility index (Phi) is 5.82. The van der Waals surface area contributed by atoms with Crippen LogP contribution in [0.2, 0.25) is 0 Å². The lowest BCUT2D eigenvalue weighted by Crippen LogP contribution is -2.48. The molecule has 1 saturated heterocycles. The molecule has 1 amide bonds. The quantitative estimate of drug-likeness (QED) is 0.608. The number of rotatable bonds is 5. The zero-order valence-electron chi connectivity index (χ0n) is 18.7. The molecule has 0 saturated carbocycles. The molecule has 3 aromatic rings. The first-order valence-electron chi connectivity index (χ1n) is 11.2. The number of nitrogens with one attached hydrogen (secondary N) is 1. The molecule has 2 aliphatic rings. The van der Waals surface area contributed by atoms with E-state index in [1.165, 1.54) is 0 Å². The maximum Gasteiger partial charge on any atom is 0.255 e. The maximum atomic E-state index is 13.2. The fourth-order valence-corrected chi connectivity index (χ4v) is 4.45. The van der Waals surface area contributed by atoms with Gasteiger partial charge in [-0.2, -0.15) is 0 Å². The lowest BCUT2D eigenvalue weighted by atomic mass is 9.92. The average molecular weight is 450 g/mol. The summed E-state index contributed by atoms with van der Waals surface area (Å²) in [5.41, 5.74) is 6.33. The molecule has 0 aliphatic carbocycles. The van der Waals surface area contributed by atoms with Gasteiger partial charge in [0.25, 0.3) is 5.91 Å². The van der Waals surface area contributed by atoms with E-state index in [-0.39, 0.29) is 18.6 Å². The summed E-state index contributed by atoms with van der Waals surface area (Å²) in [5.74, 6) is 0.433. The minimum atomic E-state index is -0.708. The number of benzene rings is 1. The standard InChI is InChI=1S/C24H27N5O4/c1-14-16(9-15-3-4-19(25-11-15)21-12-29(2)28-27-21)10-18(23-17(14)5-8-33-23)24(31)26-20-6-7-32-13-22(20)30/h3-4,10-12,20,22,30H,5-9,13H2,1-2H3,(H,26,31)/t20-,22-/m0/s1. The van der Waals surface area contributed by atoms with Crippen molar-refractivity contribution >= 4 is 5.91 Å². The minimum Gasteiger partial charge on any atom is -0.492 e. The van der Waals surface area contributed by atoms with E-state index in [9.17, 15) is 9.90 Å². The topological polar surface area (TPSA) is 111 Å². The van der Waals surface area contributed by atoms with Crippen LogP contribution in [0.4, 0.5) is 0 Å². The summed E-state index contributed by atoms with van der Waals surface area (Å²) in [6.07, 6.45) is 4.96. The second-order valence-corrected chi connectivity index (χ2v) is 8.63. The number of amides is 1. The van der Waals surface area contributed by atoms with E-state index in [4.69, 9.17) is 9.47 Å². The highest BCUT2D eigenvalue weighted by atomic mass is 16.5. The number of carbonyl (C=O) groups excluding carboxylic acids is 1. The van der Waals surface area contributed by atoms with Crippen molar-refractivity contribution in [3.8, 4) is 17.1 Å². The van der Waals surface area contributed by atoms with Gasteiger partial charge in [-0.25, -0.2) is 0 Å². The van der Waals surface area contributed by atoms with E-state index in [2.05, 4.69) is 27.5 Å². The molecular formula is C24H27N5O4. The molecule has 2 atom stereocenters. The van der Waals surface area contributed by atoms with Gasteiger partial charge in [-0.3, -0.25) is 14.5 Å². The second kappa shape index (κ2) is 8.92. The van der Waals surface area contributed by atoms with Crippen LogP contribution in [-0.4, -0.2) is 63.0 Å². The smallest absolute Gasteiger partial charge is 0.255 e. The number of aryl methyl sites for hydroxylation is 1. The largest absolute Gasteiger partial charge is 0.492 e. The molecule has 9 heteroatoms. The highest BCUT2D eigenvalue weighted by Crippen LogP contribution is 2.35. The Balaban J connectivity index is 1.40. The number of fused-ring (bicyclic) bond motifs is 1. The molecule has 2 aliphatic heterocycles. The fourth-order valence-electron chi connectivity index (χ4n) is 4.45. The van der Waals surface area contributed by atoms with E-state index in [1.54, 1.807) is 4.68 Å². The van der Waals surface area contributed by atoms with E-state index in [0.717, 1.165) is 40.1 Å². The van der Waals surface area contributed by atoms with Gasteiger partial charge in [0, 0.05) is 31.8 Å². The summed E-state index contributed by atoms with van der Waals surface area (Å²) in [5, 5.41) is 21.2. The van der Waals surface area contributed by atoms with Crippen molar-refractivity contribution in [2.75, 3.05) is 19.8 Å². The first-order chi connectivity index (χ1) is 16.0. The summed E-state index contributed by atoms with van der Waals surface area (Å²) in [7, 11) is 1.82. The Labute approximate surface area is 191 Å². The highest BCUT2D eigenvalue weighted by molar-refractivity contribution is 5.98. The van der Waals surface area contributed by atoms with Gasteiger partial charge in [-0.05, 0) is 48.6 Å². The predicted octanol–water partition coefficient (Wildman–Crippen LogP) is 1.59. The van der Waals surface area contributed by atoms with Gasteiger partial charge in [-0.1, -0.05) is 11.3 Å². The van der Waals surface area contributed by atoms with E-state index in [0.29, 0.717) is 37.4 Å². The van der Waals surface area contributed by atoms with Crippen molar-refractivity contribution in [1.29, 1.82) is 0 Å². The molecule has 0 unspecified atom stereocenters. The second-order valence-electron chi connectivity index (χ2n) is 8.63. The Bertz CT molecular complexity index is 1170. The van der Waals surface area contributed by atoms with Crippen LogP contribution in [0.25, 0.3) is 11.4 Å². The summed E-state index contributed by atoms with van der Waals surface area (Å²) in [6.45, 7) is 3.39. The van der Waals surface area contributed by atoms with Crippen LogP contribution >= 0.6 is 0 Å². The van der Waals surface area contributed by atoms with E-state index < -0.39 is 6.10 Å². The monoisotopic (exact) mass is 449 g/mol. The van der Waals surface area contributed by atoms with Crippen LogP contribution < -0.4 is 10.1 Å². The van der Waals surface area contributed by atoms with Crippen molar-refractivity contribution < 1.29 is 19.4 Å². The van der Waals surface area contributed by atoms with Gasteiger partial charge in [0.2, 0.25) is 0 Å². The van der Waals surface area contributed by atoms with E-state index >= 15 is 0 Å². The molecule has 1 fully saturated rings. The van der Waals surface area contributed by atoms with Crippen LogP contribution in [0.1, 0.15) is 39.0 Å². The molecule has 9 nitrogen and oxygen atoms in total. The summed E-state index contributed by atoms with van der Waals surface area (Å²) >= 11 is 0. The van der Waals surface area contributed by atoms with Crippen molar-refractivity contribution in [3.05, 3.63) is 58.4 Å². The third-order valence-electron chi connectivity index (χ3n) is 6.34. The summed E-state index contributed by atoms with van der Waals surface area (Å²) in [4.78, 5) is 17.7. The molecule has 172 valence electrons. The molecule has 0 bridgehead atoms. The number of hydrogen-bond acceptors (Lipinski definition) is 7. The molecule has 2 aromatic heterocycles. The SMILES string of the molecule is Cc1c(Cc2ccc(-c3cn(C)nn3)nc2)cc(C(=O)N[C@H]2CCOC[C@@H]2O)c2c1CCO2. The lowest BCUT2D eigenvalue weighted by Gasteiger charge is -2.28. The molecule has 1 aromatic carbocycles. The molecule has 33 heavy (non-hydrogen) atoms. The van der Waals surface area contributed by atoms with Gasteiger partial charge in [0.15, 0.2) is 0 Å². The zero-order chi connectivity index (χ0) is 22.9. The van der Waals surface area contributed by atoms with Crippen LogP contribution in [0.15, 0.2) is 30.6 Å². The molecule has 0 spiro atoms. The van der Waals surface area contributed by atoms with Gasteiger partial charge in [0.1, 0.15) is 11.4 Å². The minimum absolute atomic E-state index is 0.225. The number of carbonyl (C=O) groups is 1. The third kappa shape index (κ3) is 4.34. The lowest BCUT2D eigenvalue weighted by molar-refractivity contribution is -0.0261. The normalized spacial score (nSPS) is 19.7. The van der Waals surface area contributed by atoms with Gasteiger partial charge in [0.05, 0.1) is 42.8 Å². The molecule has 2 N–H and O–H groups in total. The van der Waals surface area contributed by atoms with Crippen LogP contribution in [0.3, 0.4) is 0 Å². The molecular weight excluding hydrogens is 422 g/mol. The van der Waals surface area contributed by atoms with Gasteiger partial charge in [-0.15, -0.1) is 5.10 Å². The summed E-state index contributed by atoms with van der Waals surface area (Å²) in [6, 6.07) is 5.55. The first kappa shape index (κ1) is 21.5.